The fraction of sp³-hybridized carbons (Fsp3) is 1.00. The summed E-state index contributed by atoms with van der Waals surface area (Å²) in [6.45, 7) is 47.2. The quantitative estimate of drug-likeness (QED) is 0.0258. The zero-order valence-electron chi connectivity index (χ0n) is 79.8. The average molecular weight is 1830 g/mol. The molecule has 0 aromatic carbocycles. The van der Waals surface area contributed by atoms with Crippen LogP contribution in [0.3, 0.4) is 0 Å². The summed E-state index contributed by atoms with van der Waals surface area (Å²) < 4.78 is 0. The molecule has 9 aliphatic rings. The fourth-order valence-electron chi connectivity index (χ4n) is 22.4. The highest BCUT2D eigenvalue weighted by Gasteiger charge is 2.68. The molecule has 9 fully saturated rings. The van der Waals surface area contributed by atoms with Crippen molar-refractivity contribution >= 4 is 94.1 Å². The zero-order valence-corrected chi connectivity index (χ0v) is 86.3. The molecule has 0 spiro atoms. The number of hydrazine groups is 1. The van der Waals surface area contributed by atoms with Crippen molar-refractivity contribution in [2.24, 2.45) is 47.3 Å². The fourth-order valence-corrected chi connectivity index (χ4v) is 38.1. The van der Waals surface area contributed by atoms with Crippen LogP contribution in [0, 0.1) is 47.3 Å². The molecular formula is C96H192N16S8. The molecule has 5 heterocycles. The minimum absolute atomic E-state index is 0.00224. The van der Waals surface area contributed by atoms with Gasteiger partial charge in [-0.15, -0.1) is 0 Å². The van der Waals surface area contributed by atoms with E-state index in [9.17, 15) is 0 Å². The lowest BCUT2D eigenvalue weighted by Gasteiger charge is -2.53. The first kappa shape index (κ1) is 106. The molecule has 4 saturated carbocycles. The predicted octanol–water partition coefficient (Wildman–Crippen LogP) is 18.3. The molecule has 5 aliphatic heterocycles. The minimum Gasteiger partial charge on any atom is -0.312 e. The molecule has 0 aromatic rings. The Bertz CT molecular complexity index is 2590. The van der Waals surface area contributed by atoms with Crippen LogP contribution in [-0.4, -0.2) is 237 Å². The van der Waals surface area contributed by atoms with Gasteiger partial charge in [0.15, 0.2) is 0 Å². The van der Waals surface area contributed by atoms with Crippen LogP contribution in [0.5, 0.6) is 0 Å². The van der Waals surface area contributed by atoms with Crippen LogP contribution in [0.15, 0.2) is 0 Å². The Labute approximate surface area is 774 Å². The number of fused-ring (bicyclic) bond motifs is 20. The molecule has 0 radical (unpaired) electrons. The molecule has 120 heavy (non-hydrogen) atoms. The lowest BCUT2D eigenvalue weighted by Crippen LogP contribution is -2.76. The van der Waals surface area contributed by atoms with Crippen LogP contribution in [0.25, 0.3) is 0 Å². The third-order valence-corrected chi connectivity index (χ3v) is 42.0. The number of unbranched alkanes of at least 4 members (excludes halogenated alkanes) is 16. The second-order valence-corrected chi connectivity index (χ2v) is 48.2. The van der Waals surface area contributed by atoms with Crippen molar-refractivity contribution in [3.8, 4) is 0 Å². The highest BCUT2D eigenvalue weighted by molar-refractivity contribution is 8.08. The standard InChI is InChI=1S/C96H192N16S8/c1-17-33-49-97-67-65-66-68(76(99-51-35-19-3)75(67)98-50-34-18-2)90-105-89(66)106-91-71-72(82(114-58-42-26-10)86(118-62-46-30-14)85(117-61-45-29-13)81(71)113-57-41-25-9)92(107-91)108-93-73-74(84(116-60-44-28-12)88(120-64-48-32-16)87(119-63-47-31-15)83(73)115-59-43-27-11)94(109-93)111-96-70-69(95(110-90)112(96)104-56-40-24-8)77(100-52-36-20-4)79(102-54-38-22-6)80(103-55-39-23-7)78(70)101-53-37-21-5/h66-111H,17-65H2,1-16H3. The van der Waals surface area contributed by atoms with Crippen molar-refractivity contribution in [3.05, 3.63) is 0 Å². The Hall–Kier alpha value is 2.16. The first-order valence-corrected chi connectivity index (χ1v) is 60.3. The van der Waals surface area contributed by atoms with Gasteiger partial charge >= 0.3 is 0 Å². The molecule has 0 amide bonds. The Kier molecular flexibility index (Phi) is 53.3. The summed E-state index contributed by atoms with van der Waals surface area (Å²) in [5.41, 5.74) is 4.63. The van der Waals surface area contributed by atoms with Crippen LogP contribution < -0.4 is 79.9 Å². The van der Waals surface area contributed by atoms with Crippen molar-refractivity contribution in [2.45, 2.75) is 456 Å². The molecule has 15 N–H and O–H groups in total. The van der Waals surface area contributed by atoms with Gasteiger partial charge in [0.2, 0.25) is 0 Å². The van der Waals surface area contributed by atoms with E-state index < -0.39 is 0 Å². The van der Waals surface area contributed by atoms with Gasteiger partial charge in [0.1, 0.15) is 0 Å². The largest absolute Gasteiger partial charge is 0.312 e. The van der Waals surface area contributed by atoms with E-state index in [1.165, 1.54) is 239 Å². The third-order valence-electron chi connectivity index (χ3n) is 28.9. The van der Waals surface area contributed by atoms with Crippen molar-refractivity contribution in [2.75, 3.05) is 98.4 Å². The summed E-state index contributed by atoms with van der Waals surface area (Å²) in [7, 11) is 0. The summed E-state index contributed by atoms with van der Waals surface area (Å²) in [5, 5.41) is 74.6. The van der Waals surface area contributed by atoms with Gasteiger partial charge in [0, 0.05) is 132 Å². The van der Waals surface area contributed by atoms with Crippen molar-refractivity contribution < 1.29 is 0 Å². The monoisotopic (exact) mass is 1830 g/mol. The first-order valence-electron chi connectivity index (χ1n) is 52.0. The molecule has 704 valence electrons. The maximum absolute atomic E-state index is 5.19. The molecule has 24 heteroatoms. The number of hydrogen-bond donors (Lipinski definition) is 15. The van der Waals surface area contributed by atoms with Crippen LogP contribution in [0.1, 0.15) is 323 Å². The summed E-state index contributed by atoms with van der Waals surface area (Å²) in [5.74, 6) is 12.7. The maximum atomic E-state index is 5.19. The van der Waals surface area contributed by atoms with Crippen molar-refractivity contribution in [1.82, 2.24) is 84.9 Å². The SMILES string of the molecule is CCCCNC1CC2C3NC(NC4C5C(NCCCC)C(NCCCC)C(NCCCC)C(NCCCC)C5C(NC5NC(NC6NC(N3)C3C(SCCCC)C(SCCCC)C(SCCCC)C(SCCCC)C63)C3C(SCCCC)C(SCCCC)C(SCCCC)C(SCCCC)C53)N4NCCCC)C2C(NCCCC)C1NCCCC. The molecule has 4 aliphatic carbocycles. The van der Waals surface area contributed by atoms with Crippen LogP contribution >= 0.6 is 94.1 Å². The van der Waals surface area contributed by atoms with Crippen LogP contribution in [0.2, 0.25) is 0 Å². The normalized spacial score (nSPS) is 36.8. The van der Waals surface area contributed by atoms with E-state index in [0.717, 1.165) is 71.6 Å². The summed E-state index contributed by atoms with van der Waals surface area (Å²) >= 11 is 19.6. The van der Waals surface area contributed by atoms with Gasteiger partial charge in [-0.25, -0.2) is 5.01 Å². The van der Waals surface area contributed by atoms with Gasteiger partial charge in [-0.05, 0) is 207 Å². The topological polar surface area (TPSA) is 184 Å². The molecule has 5 saturated heterocycles. The van der Waals surface area contributed by atoms with Gasteiger partial charge in [0.25, 0.3) is 0 Å². The second kappa shape index (κ2) is 60.4. The molecule has 31 atom stereocenters. The predicted molar refractivity (Wildman–Crippen MR) is 546 cm³/mol. The first-order chi connectivity index (χ1) is 59.0. The number of hydrogen-bond acceptors (Lipinski definition) is 24. The van der Waals surface area contributed by atoms with E-state index in [1.807, 2.05) is 0 Å². The Morgan fingerprint density at radius 1 is 0.217 bits per heavy atom. The third kappa shape index (κ3) is 29.1. The average Bonchev–Trinajstić information content (AvgIpc) is 1.55. The van der Waals surface area contributed by atoms with Crippen LogP contribution in [0.4, 0.5) is 0 Å². The molecule has 8 bridgehead atoms. The van der Waals surface area contributed by atoms with E-state index in [0.29, 0.717) is 77.6 Å². The van der Waals surface area contributed by atoms with E-state index in [4.69, 9.17) is 37.2 Å². The smallest absolute Gasteiger partial charge is 0.0811 e. The summed E-state index contributed by atoms with van der Waals surface area (Å²) in [4.78, 5) is 0. The van der Waals surface area contributed by atoms with E-state index >= 15 is 0 Å². The van der Waals surface area contributed by atoms with Gasteiger partial charge < -0.3 is 37.2 Å². The number of nitrogens with one attached hydrogen (secondary N) is 15. The van der Waals surface area contributed by atoms with E-state index in [2.05, 4.69) is 253 Å². The molecular weight excluding hydrogens is 1630 g/mol. The Balaban J connectivity index is 1.41. The lowest BCUT2D eigenvalue weighted by molar-refractivity contribution is 0.0305. The van der Waals surface area contributed by atoms with Crippen molar-refractivity contribution in [3.63, 3.8) is 0 Å². The maximum Gasteiger partial charge on any atom is 0.0811 e. The number of rotatable bonds is 64. The van der Waals surface area contributed by atoms with E-state index in [1.54, 1.807) is 0 Å². The summed E-state index contributed by atoms with van der Waals surface area (Å²) in [6, 6.07) is 1.61. The van der Waals surface area contributed by atoms with Crippen LogP contribution in [-0.2, 0) is 0 Å². The van der Waals surface area contributed by atoms with Gasteiger partial charge in [-0.2, -0.15) is 94.1 Å². The lowest BCUT2D eigenvalue weighted by atomic mass is 9.66. The number of thioether (sulfide) groups is 8. The van der Waals surface area contributed by atoms with Gasteiger partial charge in [-0.3, -0.25) is 42.6 Å². The van der Waals surface area contributed by atoms with Crippen molar-refractivity contribution in [1.29, 1.82) is 0 Å². The number of nitrogens with zero attached hydrogens (tertiary/aromatic N) is 1. The van der Waals surface area contributed by atoms with E-state index in [-0.39, 0.29) is 103 Å². The second-order valence-electron chi connectivity index (χ2n) is 38.0. The molecule has 9 rings (SSSR count). The van der Waals surface area contributed by atoms with Gasteiger partial charge in [-0.1, -0.05) is 214 Å². The molecule has 0 aromatic heterocycles. The Morgan fingerprint density at radius 2 is 0.442 bits per heavy atom. The molecule has 31 unspecified atom stereocenters. The summed E-state index contributed by atoms with van der Waals surface area (Å²) in [6.07, 6.45) is 40.7. The highest BCUT2D eigenvalue weighted by Crippen LogP contribution is 2.59. The highest BCUT2D eigenvalue weighted by atomic mass is 32.2. The molecule has 16 nitrogen and oxygen atoms in total. The zero-order chi connectivity index (χ0) is 85.4. The minimum atomic E-state index is -0.0275. The van der Waals surface area contributed by atoms with Gasteiger partial charge in [0.05, 0.1) is 49.3 Å². The Morgan fingerprint density at radius 3 is 0.733 bits per heavy atom.